The van der Waals surface area contributed by atoms with Gasteiger partial charge in [-0.1, -0.05) is 12.1 Å². The third kappa shape index (κ3) is 4.17. The van der Waals surface area contributed by atoms with Crippen molar-refractivity contribution in [3.8, 4) is 5.75 Å². The number of benzene rings is 1. The average Bonchev–Trinajstić information content (AvgIpc) is 2.88. The molecule has 112 valence electrons. The number of para-hydroxylation sites is 2. The Morgan fingerprint density at radius 2 is 2.10 bits per heavy atom. The Balaban J connectivity index is 2.17. The average molecular weight is 317 g/mol. The Labute approximate surface area is 121 Å². The lowest BCUT2D eigenvalue weighted by atomic mass is 10.3. The van der Waals surface area contributed by atoms with E-state index in [2.05, 4.69) is 15.0 Å². The summed E-state index contributed by atoms with van der Waals surface area (Å²) in [5, 5.41) is 4.36. The molecule has 0 unspecified atom stereocenters. The van der Waals surface area contributed by atoms with E-state index in [4.69, 9.17) is 5.73 Å². The van der Waals surface area contributed by atoms with Gasteiger partial charge in [-0.25, -0.2) is 4.98 Å². The Morgan fingerprint density at radius 1 is 1.38 bits per heavy atom. The maximum absolute atomic E-state index is 12.3. The van der Waals surface area contributed by atoms with Gasteiger partial charge in [0, 0.05) is 11.9 Å². The number of rotatable bonds is 4. The molecule has 0 spiro atoms. The summed E-state index contributed by atoms with van der Waals surface area (Å²) >= 11 is 1.19. The summed E-state index contributed by atoms with van der Waals surface area (Å²) < 4.78 is 40.7. The topological polar surface area (TPSA) is 77.2 Å². The smallest absolute Gasteiger partial charge is 0.404 e. The zero-order valence-corrected chi connectivity index (χ0v) is 11.3. The molecule has 5 nitrogen and oxygen atoms in total. The summed E-state index contributed by atoms with van der Waals surface area (Å²) in [6, 6.07) is 5.25. The standard InChI is InChI=1S/C12H10F3N3O2S/c13-12(14,15)20-9-4-2-1-3-7(9)18-11(19)8-6-21-10(5-16)17-8/h1-4,6H,5,16H2,(H,18,19). The van der Waals surface area contributed by atoms with Crippen LogP contribution >= 0.6 is 11.3 Å². The molecule has 3 N–H and O–H groups in total. The quantitative estimate of drug-likeness (QED) is 0.909. The lowest BCUT2D eigenvalue weighted by Gasteiger charge is -2.13. The van der Waals surface area contributed by atoms with E-state index >= 15 is 0 Å². The number of aromatic nitrogens is 1. The van der Waals surface area contributed by atoms with Crippen molar-refractivity contribution >= 4 is 22.9 Å². The monoisotopic (exact) mass is 317 g/mol. The van der Waals surface area contributed by atoms with Gasteiger partial charge in [-0.3, -0.25) is 4.79 Å². The van der Waals surface area contributed by atoms with Crippen LogP contribution < -0.4 is 15.8 Å². The summed E-state index contributed by atoms with van der Waals surface area (Å²) in [7, 11) is 0. The highest BCUT2D eigenvalue weighted by molar-refractivity contribution is 7.09. The minimum Gasteiger partial charge on any atom is -0.404 e. The van der Waals surface area contributed by atoms with Crippen molar-refractivity contribution in [2.75, 3.05) is 5.32 Å². The van der Waals surface area contributed by atoms with Gasteiger partial charge in [-0.2, -0.15) is 0 Å². The number of hydrogen-bond donors (Lipinski definition) is 2. The van der Waals surface area contributed by atoms with Gasteiger partial charge in [0.25, 0.3) is 5.91 Å². The highest BCUT2D eigenvalue weighted by Crippen LogP contribution is 2.30. The summed E-state index contributed by atoms with van der Waals surface area (Å²) in [5.41, 5.74) is 5.37. The maximum Gasteiger partial charge on any atom is 0.573 e. The fourth-order valence-corrected chi connectivity index (χ4v) is 2.13. The number of thiazole rings is 1. The van der Waals surface area contributed by atoms with Gasteiger partial charge in [0.05, 0.1) is 5.69 Å². The van der Waals surface area contributed by atoms with Crippen LogP contribution in [0.5, 0.6) is 5.75 Å². The van der Waals surface area contributed by atoms with Crippen LogP contribution in [0.25, 0.3) is 0 Å². The number of alkyl halides is 3. The molecule has 1 amide bonds. The molecule has 0 radical (unpaired) electrons. The van der Waals surface area contributed by atoms with Crippen LogP contribution in [-0.4, -0.2) is 17.3 Å². The van der Waals surface area contributed by atoms with E-state index in [0.717, 1.165) is 6.07 Å². The summed E-state index contributed by atoms with van der Waals surface area (Å²) in [4.78, 5) is 15.9. The molecule has 2 aromatic rings. The lowest BCUT2D eigenvalue weighted by Crippen LogP contribution is -2.19. The largest absolute Gasteiger partial charge is 0.573 e. The van der Waals surface area contributed by atoms with Gasteiger partial charge in [-0.15, -0.1) is 24.5 Å². The SMILES string of the molecule is NCc1nc(C(=O)Nc2ccccc2OC(F)(F)F)cs1. The molecule has 0 saturated heterocycles. The van der Waals surface area contributed by atoms with Crippen molar-refractivity contribution in [3.05, 3.63) is 40.3 Å². The highest BCUT2D eigenvalue weighted by atomic mass is 32.1. The molecular weight excluding hydrogens is 307 g/mol. The number of hydrogen-bond acceptors (Lipinski definition) is 5. The summed E-state index contributed by atoms with van der Waals surface area (Å²) in [6.07, 6.45) is -4.84. The van der Waals surface area contributed by atoms with Gasteiger partial charge >= 0.3 is 6.36 Å². The summed E-state index contributed by atoms with van der Waals surface area (Å²) in [5.74, 6) is -1.13. The Hall–Kier alpha value is -2.13. The van der Waals surface area contributed by atoms with E-state index in [1.165, 1.54) is 34.9 Å². The van der Waals surface area contributed by atoms with Crippen molar-refractivity contribution in [1.29, 1.82) is 0 Å². The molecular formula is C12H10F3N3O2S. The number of nitrogens with one attached hydrogen (secondary N) is 1. The fraction of sp³-hybridized carbons (Fsp3) is 0.167. The van der Waals surface area contributed by atoms with Crippen LogP contribution in [0.4, 0.5) is 18.9 Å². The zero-order chi connectivity index (χ0) is 15.5. The van der Waals surface area contributed by atoms with Crippen LogP contribution in [-0.2, 0) is 6.54 Å². The van der Waals surface area contributed by atoms with Gasteiger partial charge in [0.1, 0.15) is 10.7 Å². The van der Waals surface area contributed by atoms with Crippen LogP contribution in [0, 0.1) is 0 Å². The number of amides is 1. The van der Waals surface area contributed by atoms with Gasteiger partial charge in [0.15, 0.2) is 5.75 Å². The van der Waals surface area contributed by atoms with Crippen molar-refractivity contribution in [1.82, 2.24) is 4.98 Å². The normalized spacial score (nSPS) is 11.2. The Kier molecular flexibility index (Phi) is 4.43. The van der Waals surface area contributed by atoms with Crippen molar-refractivity contribution in [3.63, 3.8) is 0 Å². The van der Waals surface area contributed by atoms with Crippen molar-refractivity contribution < 1.29 is 22.7 Å². The fourth-order valence-electron chi connectivity index (χ4n) is 1.48. The molecule has 0 aliphatic carbocycles. The second kappa shape index (κ2) is 6.10. The number of carbonyl (C=O) groups excluding carboxylic acids is 1. The zero-order valence-electron chi connectivity index (χ0n) is 10.5. The van der Waals surface area contributed by atoms with Gasteiger partial charge in [-0.05, 0) is 12.1 Å². The molecule has 0 bridgehead atoms. The Morgan fingerprint density at radius 3 is 2.71 bits per heavy atom. The minimum absolute atomic E-state index is 0.0854. The van der Waals surface area contributed by atoms with E-state index in [0.29, 0.717) is 5.01 Å². The van der Waals surface area contributed by atoms with Crippen molar-refractivity contribution in [2.45, 2.75) is 12.9 Å². The van der Waals surface area contributed by atoms with Gasteiger partial charge < -0.3 is 15.8 Å². The van der Waals surface area contributed by atoms with E-state index in [-0.39, 0.29) is 17.9 Å². The maximum atomic E-state index is 12.3. The first-order valence-electron chi connectivity index (χ1n) is 5.69. The number of nitrogens with zero attached hydrogens (tertiary/aromatic N) is 1. The number of ether oxygens (including phenoxy) is 1. The van der Waals surface area contributed by atoms with Gasteiger partial charge in [0.2, 0.25) is 0 Å². The lowest BCUT2D eigenvalue weighted by molar-refractivity contribution is -0.274. The molecule has 0 aliphatic rings. The number of nitrogens with two attached hydrogens (primary N) is 1. The number of anilines is 1. The third-order valence-corrected chi connectivity index (χ3v) is 3.19. The minimum atomic E-state index is -4.84. The third-order valence-electron chi connectivity index (χ3n) is 2.32. The summed E-state index contributed by atoms with van der Waals surface area (Å²) in [6.45, 7) is 0.186. The second-order valence-electron chi connectivity index (χ2n) is 3.83. The first-order valence-corrected chi connectivity index (χ1v) is 6.57. The first kappa shape index (κ1) is 15.3. The van der Waals surface area contributed by atoms with E-state index in [1.54, 1.807) is 0 Å². The molecule has 0 atom stereocenters. The molecule has 0 fully saturated rings. The number of halogens is 3. The van der Waals surface area contributed by atoms with E-state index in [1.807, 2.05) is 0 Å². The molecule has 1 aromatic heterocycles. The molecule has 21 heavy (non-hydrogen) atoms. The molecule has 0 aliphatic heterocycles. The highest BCUT2D eigenvalue weighted by Gasteiger charge is 2.32. The van der Waals surface area contributed by atoms with E-state index in [9.17, 15) is 18.0 Å². The first-order chi connectivity index (χ1) is 9.89. The molecule has 9 heteroatoms. The molecule has 1 aromatic carbocycles. The Bertz CT molecular complexity index is 643. The number of carbonyl (C=O) groups is 1. The molecule has 1 heterocycles. The van der Waals surface area contributed by atoms with Crippen LogP contribution in [0.2, 0.25) is 0 Å². The van der Waals surface area contributed by atoms with Crippen LogP contribution in [0.1, 0.15) is 15.5 Å². The predicted molar refractivity (Wildman–Crippen MR) is 71.1 cm³/mol. The molecule has 2 rings (SSSR count). The predicted octanol–water partition coefficient (Wildman–Crippen LogP) is 2.75. The second-order valence-corrected chi connectivity index (χ2v) is 4.77. The molecule has 0 saturated carbocycles. The van der Waals surface area contributed by atoms with E-state index < -0.39 is 18.0 Å². The van der Waals surface area contributed by atoms with Crippen molar-refractivity contribution in [2.24, 2.45) is 5.73 Å². The van der Waals surface area contributed by atoms with Crippen LogP contribution in [0.15, 0.2) is 29.6 Å². The van der Waals surface area contributed by atoms with Crippen LogP contribution in [0.3, 0.4) is 0 Å².